The number of hydrogen-bond donors (Lipinski definition) is 0. The molecule has 20 heavy (non-hydrogen) atoms. The quantitative estimate of drug-likeness (QED) is 0.450. The molecule has 0 bridgehead atoms. The maximum atomic E-state index is 12.5. The second-order valence-electron chi connectivity index (χ2n) is 4.15. The Labute approximate surface area is 122 Å². The van der Waals surface area contributed by atoms with Gasteiger partial charge in [-0.15, -0.1) is 0 Å². The van der Waals surface area contributed by atoms with Crippen LogP contribution in [0.1, 0.15) is 15.9 Å². The summed E-state index contributed by atoms with van der Waals surface area (Å²) in [6, 6.07) is 3.86. The fourth-order valence-corrected chi connectivity index (χ4v) is 2.15. The number of aryl methyl sites for hydroxylation is 1. The van der Waals surface area contributed by atoms with Gasteiger partial charge in [0, 0.05) is 29.6 Å². The van der Waals surface area contributed by atoms with E-state index in [-0.39, 0.29) is 17.8 Å². The Hall–Kier alpha value is -1.57. The van der Waals surface area contributed by atoms with E-state index < -0.39 is 23.8 Å². The number of hydrogen-bond acceptors (Lipinski definition) is 3. The van der Waals surface area contributed by atoms with Gasteiger partial charge in [-0.25, -0.2) is 8.78 Å². The Bertz CT molecular complexity index is 511. The smallest absolute Gasteiger partial charge is 0.270 e. The fourth-order valence-electron chi connectivity index (χ4n) is 1.72. The molecule has 0 aliphatic rings. The van der Waals surface area contributed by atoms with Gasteiger partial charge in [-0.2, -0.15) is 0 Å². The minimum absolute atomic E-state index is 0.0401. The van der Waals surface area contributed by atoms with E-state index >= 15 is 0 Å². The number of carbonyl (C=O) groups excluding carboxylic acids is 1. The molecule has 0 spiro atoms. The molecule has 0 aliphatic carbocycles. The molecule has 0 aromatic heterocycles. The summed E-state index contributed by atoms with van der Waals surface area (Å²) in [5.74, 6) is -0.642. The molecule has 1 aromatic carbocycles. The highest BCUT2D eigenvalue weighted by atomic mass is 79.9. The number of halogens is 3. The molecule has 0 N–H and O–H groups in total. The molecule has 0 unspecified atom stereocenters. The highest BCUT2D eigenvalue weighted by molar-refractivity contribution is 9.09. The van der Waals surface area contributed by atoms with Crippen molar-refractivity contribution in [2.24, 2.45) is 0 Å². The van der Waals surface area contributed by atoms with Gasteiger partial charge in [0.2, 0.25) is 0 Å². The van der Waals surface area contributed by atoms with Gasteiger partial charge in [0.15, 0.2) is 0 Å². The van der Waals surface area contributed by atoms with E-state index in [4.69, 9.17) is 0 Å². The molecule has 0 aliphatic heterocycles. The average Bonchev–Trinajstić information content (AvgIpc) is 2.36. The summed E-state index contributed by atoms with van der Waals surface area (Å²) in [4.78, 5) is 23.3. The van der Waals surface area contributed by atoms with Crippen molar-refractivity contribution in [1.29, 1.82) is 0 Å². The number of nitrogens with zero attached hydrogens (tertiary/aromatic N) is 2. The summed E-state index contributed by atoms with van der Waals surface area (Å²) < 4.78 is 24.9. The molecule has 1 amide bonds. The maximum Gasteiger partial charge on any atom is 0.270 e. The first-order valence-electron chi connectivity index (χ1n) is 5.74. The minimum Gasteiger partial charge on any atom is -0.332 e. The molecule has 0 atom stereocenters. The molecule has 0 heterocycles. The van der Waals surface area contributed by atoms with Crippen molar-refractivity contribution in [3.8, 4) is 0 Å². The van der Waals surface area contributed by atoms with Crippen LogP contribution in [0.5, 0.6) is 0 Å². The maximum absolute atomic E-state index is 12.5. The Morgan fingerprint density at radius 1 is 1.45 bits per heavy atom. The van der Waals surface area contributed by atoms with E-state index in [1.54, 1.807) is 6.92 Å². The zero-order valence-corrected chi connectivity index (χ0v) is 12.3. The summed E-state index contributed by atoms with van der Waals surface area (Å²) in [5, 5.41) is 11.1. The van der Waals surface area contributed by atoms with Crippen LogP contribution in [-0.2, 0) is 0 Å². The van der Waals surface area contributed by atoms with Crippen molar-refractivity contribution >= 4 is 27.5 Å². The van der Waals surface area contributed by atoms with Gasteiger partial charge in [0.05, 0.1) is 11.5 Å². The largest absolute Gasteiger partial charge is 0.332 e. The normalized spacial score (nSPS) is 10.7. The zero-order valence-electron chi connectivity index (χ0n) is 10.7. The number of rotatable bonds is 6. The Balaban J connectivity index is 3.07. The summed E-state index contributed by atoms with van der Waals surface area (Å²) in [7, 11) is 0. The number of nitro groups is 1. The topological polar surface area (TPSA) is 63.5 Å². The molecule has 0 radical (unpaired) electrons. The van der Waals surface area contributed by atoms with Crippen LogP contribution in [0.3, 0.4) is 0 Å². The van der Waals surface area contributed by atoms with Crippen LogP contribution in [-0.4, -0.2) is 40.6 Å². The van der Waals surface area contributed by atoms with Crippen molar-refractivity contribution in [1.82, 2.24) is 4.90 Å². The van der Waals surface area contributed by atoms with Crippen LogP contribution >= 0.6 is 15.9 Å². The van der Waals surface area contributed by atoms with Crippen molar-refractivity contribution in [2.45, 2.75) is 13.3 Å². The molecule has 0 fully saturated rings. The fraction of sp³-hybridized carbons (Fsp3) is 0.417. The van der Waals surface area contributed by atoms with Crippen LogP contribution in [0.15, 0.2) is 18.2 Å². The second kappa shape index (κ2) is 7.28. The lowest BCUT2D eigenvalue weighted by Gasteiger charge is -2.21. The number of benzene rings is 1. The first-order valence-corrected chi connectivity index (χ1v) is 6.86. The van der Waals surface area contributed by atoms with Gasteiger partial charge in [-0.3, -0.25) is 14.9 Å². The monoisotopic (exact) mass is 350 g/mol. The van der Waals surface area contributed by atoms with Gasteiger partial charge in [0.25, 0.3) is 18.0 Å². The predicted octanol–water partition coefficient (Wildman–Crippen LogP) is 3.01. The molecule has 110 valence electrons. The van der Waals surface area contributed by atoms with Crippen LogP contribution in [0.4, 0.5) is 14.5 Å². The summed E-state index contributed by atoms with van der Waals surface area (Å²) in [6.45, 7) is 1.00. The molecule has 5 nitrogen and oxygen atoms in total. The van der Waals surface area contributed by atoms with Crippen molar-refractivity contribution in [2.75, 3.05) is 18.4 Å². The van der Waals surface area contributed by atoms with Crippen LogP contribution in [0.2, 0.25) is 0 Å². The molecule has 0 saturated heterocycles. The molecular weight excluding hydrogens is 338 g/mol. The highest BCUT2D eigenvalue weighted by Gasteiger charge is 2.21. The van der Waals surface area contributed by atoms with Crippen LogP contribution in [0, 0.1) is 17.0 Å². The number of non-ortho nitro benzene ring substituents is 1. The van der Waals surface area contributed by atoms with Crippen LogP contribution < -0.4 is 0 Å². The lowest BCUT2D eigenvalue weighted by molar-refractivity contribution is -0.384. The Morgan fingerprint density at radius 3 is 2.60 bits per heavy atom. The SMILES string of the molecule is Cc1cc(C(=O)N(CCBr)CC(F)F)cc([N+](=O)[O-])c1. The van der Waals surface area contributed by atoms with E-state index in [0.717, 1.165) is 11.0 Å². The summed E-state index contributed by atoms with van der Waals surface area (Å²) >= 11 is 3.09. The number of amides is 1. The molecule has 1 aromatic rings. The molecule has 8 heteroatoms. The second-order valence-corrected chi connectivity index (χ2v) is 4.94. The minimum atomic E-state index is -2.65. The molecule has 0 saturated carbocycles. The number of alkyl halides is 3. The van der Waals surface area contributed by atoms with Gasteiger partial charge in [-0.1, -0.05) is 15.9 Å². The van der Waals surface area contributed by atoms with E-state index in [2.05, 4.69) is 15.9 Å². The lowest BCUT2D eigenvalue weighted by Crippen LogP contribution is -2.36. The first kappa shape index (κ1) is 16.5. The van der Waals surface area contributed by atoms with Gasteiger partial charge in [0.1, 0.15) is 0 Å². The standard InChI is InChI=1S/C12H13BrF2N2O3/c1-8-4-9(6-10(5-8)17(19)20)12(18)16(3-2-13)7-11(14)15/h4-6,11H,2-3,7H2,1H3. The third-order valence-electron chi connectivity index (χ3n) is 2.52. The summed E-state index contributed by atoms with van der Waals surface area (Å²) in [6.07, 6.45) is -2.65. The van der Waals surface area contributed by atoms with Gasteiger partial charge < -0.3 is 4.90 Å². The molecular formula is C12H13BrF2N2O3. The van der Waals surface area contributed by atoms with E-state index in [9.17, 15) is 23.7 Å². The summed E-state index contributed by atoms with van der Waals surface area (Å²) in [5.41, 5.74) is 0.334. The lowest BCUT2D eigenvalue weighted by atomic mass is 10.1. The van der Waals surface area contributed by atoms with Crippen molar-refractivity contribution < 1.29 is 18.5 Å². The Kier molecular flexibility index (Phi) is 6.00. The van der Waals surface area contributed by atoms with Gasteiger partial charge in [-0.05, 0) is 18.6 Å². The zero-order chi connectivity index (χ0) is 15.3. The third-order valence-corrected chi connectivity index (χ3v) is 2.87. The van der Waals surface area contributed by atoms with E-state index in [0.29, 0.717) is 10.9 Å². The van der Waals surface area contributed by atoms with E-state index in [1.165, 1.54) is 12.1 Å². The predicted molar refractivity (Wildman–Crippen MR) is 73.5 cm³/mol. The Morgan fingerprint density at radius 2 is 2.10 bits per heavy atom. The van der Waals surface area contributed by atoms with E-state index in [1.807, 2.05) is 0 Å². The third kappa shape index (κ3) is 4.52. The van der Waals surface area contributed by atoms with Crippen molar-refractivity contribution in [3.63, 3.8) is 0 Å². The van der Waals surface area contributed by atoms with Crippen LogP contribution in [0.25, 0.3) is 0 Å². The molecule has 1 rings (SSSR count). The van der Waals surface area contributed by atoms with Gasteiger partial charge >= 0.3 is 0 Å². The highest BCUT2D eigenvalue weighted by Crippen LogP contribution is 2.18. The number of nitro benzene ring substituents is 1. The van der Waals surface area contributed by atoms with Crippen molar-refractivity contribution in [3.05, 3.63) is 39.4 Å². The average molecular weight is 351 g/mol. The number of carbonyl (C=O) groups is 1. The first-order chi connectivity index (χ1) is 9.35.